The topological polar surface area (TPSA) is 59.1 Å². The number of ether oxygens (including phenoxy) is 2. The number of sulfonamides is 1. The van der Waals surface area contributed by atoms with E-state index in [4.69, 9.17) is 9.47 Å². The maximum atomic E-state index is 12.9. The minimum absolute atomic E-state index is 0.274. The molecular weight excluding hydrogens is 432 g/mol. The zero-order valence-electron chi connectivity index (χ0n) is 15.2. The number of benzene rings is 2. The Bertz CT molecular complexity index is 853. The number of hydrogen-bond acceptors (Lipinski definition) is 5. The molecule has 0 unspecified atom stereocenters. The monoisotopic (exact) mass is 454 g/mol. The van der Waals surface area contributed by atoms with Gasteiger partial charge in [-0.1, -0.05) is 18.2 Å². The van der Waals surface area contributed by atoms with Gasteiger partial charge in [0.15, 0.2) is 0 Å². The molecule has 8 heteroatoms. The second kappa shape index (κ2) is 9.05. The lowest BCUT2D eigenvalue weighted by atomic mass is 10.3. The van der Waals surface area contributed by atoms with E-state index in [1.54, 1.807) is 25.3 Å². The first-order chi connectivity index (χ1) is 13.0. The highest BCUT2D eigenvalue weighted by atomic mass is 79.9. The molecule has 0 bridgehead atoms. The minimum Gasteiger partial charge on any atom is -0.496 e. The lowest BCUT2D eigenvalue weighted by Crippen LogP contribution is -2.49. The van der Waals surface area contributed by atoms with Gasteiger partial charge >= 0.3 is 0 Å². The van der Waals surface area contributed by atoms with Gasteiger partial charge in [0.25, 0.3) is 0 Å². The molecule has 1 heterocycles. The Labute approximate surface area is 168 Å². The highest BCUT2D eigenvalue weighted by molar-refractivity contribution is 9.10. The van der Waals surface area contributed by atoms with Crippen LogP contribution in [0.1, 0.15) is 0 Å². The van der Waals surface area contributed by atoms with Gasteiger partial charge in [-0.2, -0.15) is 4.31 Å². The third kappa shape index (κ3) is 5.01. The van der Waals surface area contributed by atoms with Gasteiger partial charge in [0.1, 0.15) is 18.1 Å². The lowest BCUT2D eigenvalue weighted by Gasteiger charge is -2.33. The summed E-state index contributed by atoms with van der Waals surface area (Å²) in [5, 5.41) is 0. The van der Waals surface area contributed by atoms with E-state index >= 15 is 0 Å². The van der Waals surface area contributed by atoms with E-state index in [9.17, 15) is 8.42 Å². The van der Waals surface area contributed by atoms with Gasteiger partial charge in [0.05, 0.1) is 16.5 Å². The summed E-state index contributed by atoms with van der Waals surface area (Å²) in [6.07, 6.45) is 0. The van der Waals surface area contributed by atoms with E-state index in [0.29, 0.717) is 43.0 Å². The fourth-order valence-corrected chi connectivity index (χ4v) is 5.10. The summed E-state index contributed by atoms with van der Waals surface area (Å²) in [6.45, 7) is 3.68. The van der Waals surface area contributed by atoms with E-state index in [0.717, 1.165) is 12.3 Å². The zero-order chi connectivity index (χ0) is 19.3. The first kappa shape index (κ1) is 20.1. The van der Waals surface area contributed by atoms with Crippen molar-refractivity contribution in [1.82, 2.24) is 9.21 Å². The van der Waals surface area contributed by atoms with Crippen molar-refractivity contribution in [3.63, 3.8) is 0 Å². The smallest absolute Gasteiger partial charge is 0.243 e. The third-order valence-electron chi connectivity index (χ3n) is 4.51. The number of methoxy groups -OCH3 is 1. The molecule has 3 rings (SSSR count). The highest BCUT2D eigenvalue weighted by Crippen LogP contribution is 2.29. The maximum Gasteiger partial charge on any atom is 0.243 e. The molecule has 2 aromatic rings. The molecule has 0 aliphatic carbocycles. The van der Waals surface area contributed by atoms with Crippen molar-refractivity contribution in [1.29, 1.82) is 0 Å². The quantitative estimate of drug-likeness (QED) is 0.643. The van der Waals surface area contributed by atoms with Gasteiger partial charge in [0.2, 0.25) is 10.0 Å². The third-order valence-corrected chi connectivity index (χ3v) is 7.03. The molecule has 0 radical (unpaired) electrons. The Morgan fingerprint density at radius 2 is 1.74 bits per heavy atom. The van der Waals surface area contributed by atoms with Gasteiger partial charge in [-0.25, -0.2) is 8.42 Å². The first-order valence-corrected chi connectivity index (χ1v) is 11.0. The largest absolute Gasteiger partial charge is 0.496 e. The molecule has 146 valence electrons. The van der Waals surface area contributed by atoms with Crippen LogP contribution in [0.3, 0.4) is 0 Å². The number of hydrogen-bond donors (Lipinski definition) is 0. The number of para-hydroxylation sites is 1. The van der Waals surface area contributed by atoms with E-state index in [1.807, 2.05) is 30.3 Å². The molecular formula is C19H23BrN2O4S. The van der Waals surface area contributed by atoms with Crippen LogP contribution >= 0.6 is 15.9 Å². The van der Waals surface area contributed by atoms with Crippen LogP contribution in [0.2, 0.25) is 0 Å². The molecule has 1 fully saturated rings. The second-order valence-corrected chi connectivity index (χ2v) is 9.00. The van der Waals surface area contributed by atoms with E-state index in [2.05, 4.69) is 20.8 Å². The average molecular weight is 455 g/mol. The van der Waals surface area contributed by atoms with Crippen molar-refractivity contribution in [2.45, 2.75) is 4.90 Å². The van der Waals surface area contributed by atoms with Crippen LogP contribution in [-0.4, -0.2) is 64.1 Å². The number of halogens is 1. The van der Waals surface area contributed by atoms with Crippen molar-refractivity contribution in [2.75, 3.05) is 46.4 Å². The summed E-state index contributed by atoms with van der Waals surface area (Å²) >= 11 is 3.35. The Kier molecular flexibility index (Phi) is 6.75. The molecule has 1 aliphatic rings. The van der Waals surface area contributed by atoms with Gasteiger partial charge in [-0.3, -0.25) is 4.90 Å². The second-order valence-electron chi connectivity index (χ2n) is 6.20. The Morgan fingerprint density at radius 1 is 1.04 bits per heavy atom. The first-order valence-electron chi connectivity index (χ1n) is 8.74. The van der Waals surface area contributed by atoms with Crippen molar-refractivity contribution in [3.05, 3.63) is 53.0 Å². The molecule has 0 atom stereocenters. The molecule has 2 aromatic carbocycles. The molecule has 0 amide bonds. The van der Waals surface area contributed by atoms with E-state index in [-0.39, 0.29) is 4.90 Å². The van der Waals surface area contributed by atoms with Crippen LogP contribution in [0.4, 0.5) is 0 Å². The predicted molar refractivity (Wildman–Crippen MR) is 108 cm³/mol. The Hall–Kier alpha value is -1.61. The predicted octanol–water partition coefficient (Wildman–Crippen LogP) is 2.84. The summed E-state index contributed by atoms with van der Waals surface area (Å²) in [4.78, 5) is 2.50. The van der Waals surface area contributed by atoms with Crippen molar-refractivity contribution >= 4 is 26.0 Å². The standard InChI is InChI=1S/C19H23BrN2O4S/c1-25-19-8-7-17(15-18(19)20)27(23,24)22-11-9-21(10-12-22)13-14-26-16-5-3-2-4-6-16/h2-8,15H,9-14H2,1H3. The number of nitrogens with zero attached hydrogens (tertiary/aromatic N) is 2. The minimum atomic E-state index is -3.51. The molecule has 0 saturated carbocycles. The lowest BCUT2D eigenvalue weighted by molar-refractivity contribution is 0.159. The molecule has 27 heavy (non-hydrogen) atoms. The molecule has 6 nitrogen and oxygen atoms in total. The van der Waals surface area contributed by atoms with E-state index in [1.165, 1.54) is 4.31 Å². The zero-order valence-corrected chi connectivity index (χ0v) is 17.6. The van der Waals surface area contributed by atoms with E-state index < -0.39 is 10.0 Å². The van der Waals surface area contributed by atoms with Crippen LogP contribution in [-0.2, 0) is 10.0 Å². The number of rotatable bonds is 7. The Morgan fingerprint density at radius 3 is 2.37 bits per heavy atom. The summed E-state index contributed by atoms with van der Waals surface area (Å²) in [6, 6.07) is 14.5. The Balaban J connectivity index is 1.52. The van der Waals surface area contributed by atoms with Gasteiger partial charge < -0.3 is 9.47 Å². The van der Waals surface area contributed by atoms with Crippen LogP contribution in [0.5, 0.6) is 11.5 Å². The van der Waals surface area contributed by atoms with Gasteiger partial charge in [-0.15, -0.1) is 0 Å². The van der Waals surface area contributed by atoms with Crippen LogP contribution in [0, 0.1) is 0 Å². The van der Waals surface area contributed by atoms with Gasteiger partial charge in [-0.05, 0) is 46.3 Å². The number of piperazine rings is 1. The summed E-state index contributed by atoms with van der Waals surface area (Å²) < 4.78 is 38.8. The van der Waals surface area contributed by atoms with Crippen molar-refractivity contribution in [3.8, 4) is 11.5 Å². The molecule has 0 N–H and O–H groups in total. The van der Waals surface area contributed by atoms with Gasteiger partial charge in [0, 0.05) is 32.7 Å². The van der Waals surface area contributed by atoms with Crippen LogP contribution in [0.15, 0.2) is 57.9 Å². The van der Waals surface area contributed by atoms with Crippen LogP contribution < -0.4 is 9.47 Å². The highest BCUT2D eigenvalue weighted by Gasteiger charge is 2.28. The summed E-state index contributed by atoms with van der Waals surface area (Å²) in [5.41, 5.74) is 0. The summed E-state index contributed by atoms with van der Waals surface area (Å²) in [7, 11) is -1.96. The van der Waals surface area contributed by atoms with Crippen molar-refractivity contribution < 1.29 is 17.9 Å². The fraction of sp³-hybridized carbons (Fsp3) is 0.368. The van der Waals surface area contributed by atoms with Crippen molar-refractivity contribution in [2.24, 2.45) is 0 Å². The normalized spacial score (nSPS) is 16.2. The maximum absolute atomic E-state index is 12.9. The average Bonchev–Trinajstić information content (AvgIpc) is 2.69. The molecule has 0 aromatic heterocycles. The van der Waals surface area contributed by atoms with Crippen LogP contribution in [0.25, 0.3) is 0 Å². The SMILES string of the molecule is COc1ccc(S(=O)(=O)N2CCN(CCOc3ccccc3)CC2)cc1Br. The molecule has 0 spiro atoms. The molecule has 1 aliphatic heterocycles. The fourth-order valence-electron chi connectivity index (χ4n) is 2.96. The summed E-state index contributed by atoms with van der Waals surface area (Å²) in [5.74, 6) is 1.46. The molecule has 1 saturated heterocycles.